The van der Waals surface area contributed by atoms with Crippen molar-refractivity contribution in [1.82, 2.24) is 18.9 Å². The minimum absolute atomic E-state index is 0.0218. The van der Waals surface area contributed by atoms with Gasteiger partial charge in [-0.3, -0.25) is 18.5 Å². The predicted molar refractivity (Wildman–Crippen MR) is 131 cm³/mol. The molecule has 9 heteroatoms. The normalized spacial score (nSPS) is 14.5. The summed E-state index contributed by atoms with van der Waals surface area (Å²) in [5, 5.41) is 4.67. The van der Waals surface area contributed by atoms with Crippen molar-refractivity contribution in [1.29, 1.82) is 0 Å². The van der Waals surface area contributed by atoms with Crippen molar-refractivity contribution < 1.29 is 8.42 Å². The van der Waals surface area contributed by atoms with Gasteiger partial charge in [0.2, 0.25) is 10.0 Å². The van der Waals surface area contributed by atoms with Crippen molar-refractivity contribution in [3.8, 4) is 22.4 Å². The summed E-state index contributed by atoms with van der Waals surface area (Å²) >= 11 is 0. The van der Waals surface area contributed by atoms with Crippen LogP contribution in [0.3, 0.4) is 0 Å². The molecule has 5 rings (SSSR count). The van der Waals surface area contributed by atoms with E-state index in [1.165, 1.54) is 0 Å². The number of anilines is 1. The van der Waals surface area contributed by atoms with E-state index >= 15 is 0 Å². The fourth-order valence-corrected chi connectivity index (χ4v) is 5.19. The van der Waals surface area contributed by atoms with Crippen LogP contribution in [0.5, 0.6) is 0 Å². The zero-order valence-electron chi connectivity index (χ0n) is 19.2. The van der Waals surface area contributed by atoms with Crippen LogP contribution in [0, 0.1) is 6.92 Å². The Morgan fingerprint density at radius 1 is 1.03 bits per heavy atom. The van der Waals surface area contributed by atoms with E-state index in [-0.39, 0.29) is 11.7 Å². The van der Waals surface area contributed by atoms with Crippen molar-refractivity contribution in [3.05, 3.63) is 58.5 Å². The average molecular weight is 466 g/mol. The highest BCUT2D eigenvalue weighted by atomic mass is 32.2. The third-order valence-corrected chi connectivity index (χ3v) is 7.00. The van der Waals surface area contributed by atoms with Crippen LogP contribution in [0.4, 0.5) is 5.82 Å². The van der Waals surface area contributed by atoms with E-state index in [4.69, 9.17) is 0 Å². The van der Waals surface area contributed by atoms with Crippen LogP contribution < -0.4 is 10.4 Å². The first-order valence-electron chi connectivity index (χ1n) is 11.0. The standard InChI is InChI=1S/C24H27N5O3S/c1-15-7-5-8-17(13-15)22-21(23(28(3)25-22)26-33(4,31)32)16-11-12-19-20(14-16)27(2)24(30)29(19)18-9-6-10-18/h5,7-8,11-14,18,26H,6,9-10H2,1-4H3. The quantitative estimate of drug-likeness (QED) is 0.485. The first kappa shape index (κ1) is 21.5. The van der Waals surface area contributed by atoms with Crippen molar-refractivity contribution in [3.63, 3.8) is 0 Å². The number of rotatable bonds is 5. The van der Waals surface area contributed by atoms with Crippen molar-refractivity contribution in [2.75, 3.05) is 11.0 Å². The van der Waals surface area contributed by atoms with Gasteiger partial charge in [0.25, 0.3) is 0 Å². The van der Waals surface area contributed by atoms with E-state index in [0.717, 1.165) is 53.2 Å². The monoisotopic (exact) mass is 465 g/mol. The van der Waals surface area contributed by atoms with Crippen LogP contribution in [0.2, 0.25) is 0 Å². The van der Waals surface area contributed by atoms with Gasteiger partial charge >= 0.3 is 5.69 Å². The molecule has 8 nitrogen and oxygen atoms in total. The van der Waals surface area contributed by atoms with Gasteiger partial charge in [-0.15, -0.1) is 0 Å². The first-order valence-corrected chi connectivity index (χ1v) is 12.9. The topological polar surface area (TPSA) is 90.9 Å². The molecular weight excluding hydrogens is 438 g/mol. The maximum atomic E-state index is 13.0. The minimum Gasteiger partial charge on any atom is -0.295 e. The summed E-state index contributed by atoms with van der Waals surface area (Å²) in [6.45, 7) is 2.01. The molecule has 2 aromatic carbocycles. The van der Waals surface area contributed by atoms with E-state index in [1.807, 2.05) is 54.0 Å². The van der Waals surface area contributed by atoms with Crippen LogP contribution in [0.1, 0.15) is 30.9 Å². The molecule has 33 heavy (non-hydrogen) atoms. The highest BCUT2D eigenvalue weighted by molar-refractivity contribution is 7.92. The van der Waals surface area contributed by atoms with Crippen LogP contribution in [-0.2, 0) is 24.1 Å². The molecule has 172 valence electrons. The predicted octanol–water partition coefficient (Wildman–Crippen LogP) is 3.81. The van der Waals surface area contributed by atoms with E-state index in [2.05, 4.69) is 9.82 Å². The highest BCUT2D eigenvalue weighted by Crippen LogP contribution is 2.40. The number of sulfonamides is 1. The second kappa shape index (κ2) is 7.62. The molecule has 2 heterocycles. The number of hydrogen-bond acceptors (Lipinski definition) is 4. The summed E-state index contributed by atoms with van der Waals surface area (Å²) in [5.74, 6) is 0.386. The summed E-state index contributed by atoms with van der Waals surface area (Å²) in [6.07, 6.45) is 4.30. The van der Waals surface area contributed by atoms with Crippen molar-refractivity contribution in [2.24, 2.45) is 14.1 Å². The fraction of sp³-hybridized carbons (Fsp3) is 0.333. The number of aromatic nitrogens is 4. The second-order valence-corrected chi connectivity index (χ2v) is 10.7. The highest BCUT2D eigenvalue weighted by Gasteiger charge is 2.26. The summed E-state index contributed by atoms with van der Waals surface area (Å²) in [6, 6.07) is 14.1. The number of hydrogen-bond donors (Lipinski definition) is 1. The van der Waals surface area contributed by atoms with E-state index in [1.54, 1.807) is 23.3 Å². The van der Waals surface area contributed by atoms with Gasteiger partial charge in [0.1, 0.15) is 11.5 Å². The number of aryl methyl sites for hydroxylation is 3. The fourth-order valence-electron chi connectivity index (χ4n) is 4.60. The van der Waals surface area contributed by atoms with Crippen LogP contribution >= 0.6 is 0 Å². The van der Waals surface area contributed by atoms with Crippen LogP contribution in [0.25, 0.3) is 33.4 Å². The smallest absolute Gasteiger partial charge is 0.295 e. The van der Waals surface area contributed by atoms with Crippen molar-refractivity contribution >= 4 is 26.9 Å². The molecule has 1 saturated carbocycles. The molecule has 0 amide bonds. The summed E-state index contributed by atoms with van der Waals surface area (Å²) in [4.78, 5) is 13.0. The maximum Gasteiger partial charge on any atom is 0.329 e. The lowest BCUT2D eigenvalue weighted by molar-refractivity contribution is 0.312. The molecule has 2 aromatic heterocycles. The summed E-state index contributed by atoms with van der Waals surface area (Å²) in [5.41, 5.74) is 5.81. The molecule has 1 fully saturated rings. The molecular formula is C24H27N5O3S. The first-order chi connectivity index (χ1) is 15.6. The Balaban J connectivity index is 1.77. The molecule has 0 unspecified atom stereocenters. The molecule has 0 radical (unpaired) electrons. The zero-order valence-corrected chi connectivity index (χ0v) is 20.0. The Morgan fingerprint density at radius 3 is 2.42 bits per heavy atom. The van der Waals surface area contributed by atoms with Gasteiger partial charge < -0.3 is 0 Å². The van der Waals surface area contributed by atoms with E-state index in [0.29, 0.717) is 17.1 Å². The molecule has 0 aliphatic heterocycles. The Hall–Kier alpha value is -3.33. The molecule has 0 spiro atoms. The number of nitrogens with zero attached hydrogens (tertiary/aromatic N) is 4. The Morgan fingerprint density at radius 2 is 1.79 bits per heavy atom. The molecule has 1 aliphatic rings. The number of benzene rings is 2. The number of fused-ring (bicyclic) bond motifs is 1. The Labute approximate surface area is 192 Å². The summed E-state index contributed by atoms with van der Waals surface area (Å²) < 4.78 is 32.1. The van der Waals surface area contributed by atoms with Crippen LogP contribution in [0.15, 0.2) is 47.3 Å². The Kier molecular flexibility index (Phi) is 4.97. The van der Waals surface area contributed by atoms with Gasteiger partial charge in [-0.25, -0.2) is 13.2 Å². The average Bonchev–Trinajstić information content (AvgIpc) is 3.15. The molecule has 0 bridgehead atoms. The molecule has 0 atom stereocenters. The van der Waals surface area contributed by atoms with E-state index < -0.39 is 10.0 Å². The molecule has 1 aliphatic carbocycles. The lowest BCUT2D eigenvalue weighted by Gasteiger charge is -2.26. The lowest BCUT2D eigenvalue weighted by atomic mass is 9.92. The number of imidazole rings is 1. The summed E-state index contributed by atoms with van der Waals surface area (Å²) in [7, 11) is -0.0360. The SMILES string of the molecule is Cc1cccc(-c2nn(C)c(NS(C)(=O)=O)c2-c2ccc3c(c2)n(C)c(=O)n3C2CCC2)c1. The third-order valence-electron chi connectivity index (χ3n) is 6.44. The van der Waals surface area contributed by atoms with Gasteiger partial charge in [-0.1, -0.05) is 29.8 Å². The maximum absolute atomic E-state index is 13.0. The minimum atomic E-state index is -3.54. The lowest BCUT2D eigenvalue weighted by Crippen LogP contribution is -2.29. The van der Waals surface area contributed by atoms with Gasteiger partial charge in [-0.05, 0) is 49.9 Å². The largest absolute Gasteiger partial charge is 0.329 e. The second-order valence-electron chi connectivity index (χ2n) is 8.94. The molecule has 1 N–H and O–H groups in total. The molecule has 4 aromatic rings. The number of nitrogens with one attached hydrogen (secondary N) is 1. The van der Waals surface area contributed by atoms with Crippen LogP contribution in [-0.4, -0.2) is 33.6 Å². The van der Waals surface area contributed by atoms with E-state index in [9.17, 15) is 13.2 Å². The van der Waals surface area contributed by atoms with Gasteiger partial charge in [0.15, 0.2) is 0 Å². The van der Waals surface area contributed by atoms with Gasteiger partial charge in [-0.2, -0.15) is 5.10 Å². The zero-order chi connectivity index (χ0) is 23.5. The third kappa shape index (κ3) is 3.66. The van der Waals surface area contributed by atoms with Gasteiger partial charge in [0, 0.05) is 25.7 Å². The Bertz CT molecular complexity index is 1550. The van der Waals surface area contributed by atoms with Crippen molar-refractivity contribution in [2.45, 2.75) is 32.2 Å². The molecule has 0 saturated heterocycles. The van der Waals surface area contributed by atoms with Gasteiger partial charge in [0.05, 0.1) is 22.9 Å².